The van der Waals surface area contributed by atoms with Crippen LogP contribution in [0, 0.1) is 10.8 Å². The topological polar surface area (TPSA) is 18.5 Å². The maximum absolute atomic E-state index is 6.17. The van der Waals surface area contributed by atoms with Crippen molar-refractivity contribution in [3.63, 3.8) is 0 Å². The van der Waals surface area contributed by atoms with E-state index in [-0.39, 0.29) is 22.0 Å². The lowest BCUT2D eigenvalue weighted by molar-refractivity contribution is -0.347. The van der Waals surface area contributed by atoms with Crippen molar-refractivity contribution in [3.05, 3.63) is 0 Å². The quantitative estimate of drug-likeness (QED) is 0.744. The highest BCUT2D eigenvalue weighted by molar-refractivity contribution is 5.11. The molecule has 2 heterocycles. The van der Waals surface area contributed by atoms with Gasteiger partial charge in [-0.3, -0.25) is 0 Å². The van der Waals surface area contributed by atoms with Crippen molar-refractivity contribution in [2.45, 2.75) is 98.1 Å². The third-order valence-electron chi connectivity index (χ3n) is 6.94. The predicted molar refractivity (Wildman–Crippen MR) is 79.3 cm³/mol. The molecule has 112 valence electrons. The summed E-state index contributed by atoms with van der Waals surface area (Å²) in [5, 5.41) is 0. The van der Waals surface area contributed by atoms with Crippen molar-refractivity contribution in [3.8, 4) is 0 Å². The second-order valence-electron chi connectivity index (χ2n) is 8.01. The van der Waals surface area contributed by atoms with Crippen LogP contribution in [0.5, 0.6) is 0 Å². The minimum Gasteiger partial charge on any atom is -0.371 e. The first-order valence-electron chi connectivity index (χ1n) is 7.89. The summed E-state index contributed by atoms with van der Waals surface area (Å²) in [6.07, 6.45) is 4.08. The summed E-state index contributed by atoms with van der Waals surface area (Å²) in [4.78, 5) is 0. The van der Waals surface area contributed by atoms with Crippen LogP contribution in [-0.4, -0.2) is 23.4 Å². The van der Waals surface area contributed by atoms with E-state index in [0.29, 0.717) is 12.2 Å². The van der Waals surface area contributed by atoms with E-state index in [1.165, 1.54) is 12.8 Å². The molecule has 0 aromatic heterocycles. The lowest BCUT2D eigenvalue weighted by Gasteiger charge is -2.65. The maximum Gasteiger partial charge on any atom is 0.0708 e. The monoisotopic (exact) mass is 268 g/mol. The summed E-state index contributed by atoms with van der Waals surface area (Å²) in [5.74, 6) is 0. The first kappa shape index (κ1) is 15.3. The molecule has 4 unspecified atom stereocenters. The summed E-state index contributed by atoms with van der Waals surface area (Å²) >= 11 is 0. The van der Waals surface area contributed by atoms with Crippen molar-refractivity contribution in [1.29, 1.82) is 0 Å². The van der Waals surface area contributed by atoms with E-state index < -0.39 is 0 Å². The second-order valence-corrected chi connectivity index (χ2v) is 8.01. The summed E-state index contributed by atoms with van der Waals surface area (Å²) in [6, 6.07) is 0. The van der Waals surface area contributed by atoms with E-state index in [4.69, 9.17) is 9.47 Å². The van der Waals surface area contributed by atoms with Gasteiger partial charge in [0.15, 0.2) is 0 Å². The summed E-state index contributed by atoms with van der Waals surface area (Å²) in [6.45, 7) is 18.2. The molecule has 0 N–H and O–H groups in total. The molecule has 0 radical (unpaired) electrons. The highest BCUT2D eigenvalue weighted by Gasteiger charge is 2.63. The van der Waals surface area contributed by atoms with Gasteiger partial charge in [-0.05, 0) is 40.5 Å². The van der Waals surface area contributed by atoms with Crippen molar-refractivity contribution in [1.82, 2.24) is 0 Å². The molecule has 0 aromatic rings. The molecule has 2 nitrogen and oxygen atoms in total. The summed E-state index contributed by atoms with van der Waals surface area (Å²) in [5.41, 5.74) is 0.581. The third kappa shape index (κ3) is 1.82. The van der Waals surface area contributed by atoms with E-state index in [9.17, 15) is 0 Å². The molecule has 0 aromatic carbocycles. The van der Waals surface area contributed by atoms with Gasteiger partial charge in [-0.2, -0.15) is 0 Å². The fourth-order valence-electron chi connectivity index (χ4n) is 4.02. The summed E-state index contributed by atoms with van der Waals surface area (Å²) in [7, 11) is 0. The van der Waals surface area contributed by atoms with Crippen LogP contribution in [0.15, 0.2) is 0 Å². The molecule has 0 spiro atoms. The fourth-order valence-corrected chi connectivity index (χ4v) is 4.02. The second kappa shape index (κ2) is 4.21. The van der Waals surface area contributed by atoms with E-state index in [1.54, 1.807) is 0 Å². The molecule has 2 rings (SSSR count). The van der Waals surface area contributed by atoms with E-state index in [1.807, 2.05) is 0 Å². The minimum absolute atomic E-state index is 0.00823. The van der Waals surface area contributed by atoms with Crippen LogP contribution in [0.1, 0.15) is 74.7 Å². The van der Waals surface area contributed by atoms with Gasteiger partial charge in [0, 0.05) is 17.3 Å². The van der Waals surface area contributed by atoms with Crippen LogP contribution >= 0.6 is 0 Å². The fraction of sp³-hybridized carbons (Fsp3) is 1.00. The SMILES string of the molecule is CCC1(C)C(CC2OC(C)(C)C2(C)CC)OC1(C)C. The zero-order chi connectivity index (χ0) is 14.7. The molecule has 0 amide bonds. The Balaban J connectivity index is 2.05. The Kier molecular flexibility index (Phi) is 3.39. The van der Waals surface area contributed by atoms with E-state index in [0.717, 1.165) is 6.42 Å². The Morgan fingerprint density at radius 3 is 1.21 bits per heavy atom. The standard InChI is InChI=1S/C17H32O2/c1-9-16(7)12(18-14(16,3)4)11-13-17(8,10-2)15(5,6)19-13/h12-13H,9-11H2,1-8H3. The van der Waals surface area contributed by atoms with Crippen LogP contribution < -0.4 is 0 Å². The predicted octanol–water partition coefficient (Wildman–Crippen LogP) is 4.56. The molecule has 19 heavy (non-hydrogen) atoms. The van der Waals surface area contributed by atoms with Crippen molar-refractivity contribution in [2.75, 3.05) is 0 Å². The number of hydrogen-bond acceptors (Lipinski definition) is 2. The lowest BCUT2D eigenvalue weighted by atomic mass is 9.58. The molecular weight excluding hydrogens is 236 g/mol. The van der Waals surface area contributed by atoms with E-state index >= 15 is 0 Å². The van der Waals surface area contributed by atoms with Gasteiger partial charge in [0.1, 0.15) is 0 Å². The molecule has 0 saturated carbocycles. The van der Waals surface area contributed by atoms with Gasteiger partial charge < -0.3 is 9.47 Å². The van der Waals surface area contributed by atoms with Gasteiger partial charge in [0.2, 0.25) is 0 Å². The highest BCUT2D eigenvalue weighted by Crippen LogP contribution is 2.59. The van der Waals surface area contributed by atoms with Gasteiger partial charge in [-0.25, -0.2) is 0 Å². The third-order valence-corrected chi connectivity index (χ3v) is 6.94. The van der Waals surface area contributed by atoms with Gasteiger partial charge in [0.05, 0.1) is 23.4 Å². The average Bonchev–Trinajstić information content (AvgIpc) is 2.34. The van der Waals surface area contributed by atoms with Crippen LogP contribution in [0.2, 0.25) is 0 Å². The van der Waals surface area contributed by atoms with Crippen molar-refractivity contribution in [2.24, 2.45) is 10.8 Å². The zero-order valence-corrected chi connectivity index (χ0v) is 14.1. The van der Waals surface area contributed by atoms with Gasteiger partial charge in [-0.1, -0.05) is 27.7 Å². The van der Waals surface area contributed by atoms with Crippen molar-refractivity contribution < 1.29 is 9.47 Å². The first-order chi connectivity index (χ1) is 8.54. The average molecular weight is 268 g/mol. The minimum atomic E-state index is 0.00823. The lowest BCUT2D eigenvalue weighted by Crippen LogP contribution is -2.70. The van der Waals surface area contributed by atoms with Gasteiger partial charge in [-0.15, -0.1) is 0 Å². The molecule has 0 bridgehead atoms. The largest absolute Gasteiger partial charge is 0.371 e. The number of rotatable bonds is 4. The Hall–Kier alpha value is -0.0800. The normalized spacial score (nSPS) is 47.4. The molecule has 2 aliphatic heterocycles. The zero-order valence-electron chi connectivity index (χ0n) is 14.1. The molecular formula is C17H32O2. The number of ether oxygens (including phenoxy) is 2. The maximum atomic E-state index is 6.17. The Labute approximate surface area is 119 Å². The first-order valence-corrected chi connectivity index (χ1v) is 7.89. The summed E-state index contributed by atoms with van der Waals surface area (Å²) < 4.78 is 12.3. The Bertz CT molecular complexity index is 326. The molecule has 2 fully saturated rings. The van der Waals surface area contributed by atoms with E-state index in [2.05, 4.69) is 55.4 Å². The number of hydrogen-bond donors (Lipinski definition) is 0. The molecule has 0 aliphatic carbocycles. The smallest absolute Gasteiger partial charge is 0.0708 e. The molecule has 4 atom stereocenters. The van der Waals surface area contributed by atoms with Crippen LogP contribution in [0.3, 0.4) is 0 Å². The van der Waals surface area contributed by atoms with Crippen LogP contribution in [0.4, 0.5) is 0 Å². The van der Waals surface area contributed by atoms with Gasteiger partial charge >= 0.3 is 0 Å². The Morgan fingerprint density at radius 1 is 0.684 bits per heavy atom. The molecule has 2 heteroatoms. The Morgan fingerprint density at radius 2 is 1.00 bits per heavy atom. The van der Waals surface area contributed by atoms with Gasteiger partial charge in [0.25, 0.3) is 0 Å². The molecule has 2 aliphatic rings. The highest BCUT2D eigenvalue weighted by atomic mass is 16.6. The van der Waals surface area contributed by atoms with Crippen LogP contribution in [-0.2, 0) is 9.47 Å². The van der Waals surface area contributed by atoms with Crippen molar-refractivity contribution >= 4 is 0 Å². The van der Waals surface area contributed by atoms with Crippen LogP contribution in [0.25, 0.3) is 0 Å². The molecule has 2 saturated heterocycles.